The van der Waals surface area contributed by atoms with Crippen LogP contribution in [0.1, 0.15) is 46.1 Å². The van der Waals surface area contributed by atoms with Crippen molar-refractivity contribution in [3.8, 4) is 0 Å². The van der Waals surface area contributed by atoms with Gasteiger partial charge >= 0.3 is 0 Å². The Morgan fingerprint density at radius 3 is 2.18 bits per heavy atom. The van der Waals surface area contributed by atoms with Crippen molar-refractivity contribution in [2.45, 2.75) is 50.8 Å². The minimum atomic E-state index is -1.34. The highest BCUT2D eigenvalue weighted by molar-refractivity contribution is 7.84. The normalized spacial score (nSPS) is 16.4. The SMILES string of the molecule is CC(C)(NS(=O)C(C)(C)C)C(C(N)=NO)c1ccc(F)cc1. The first kappa shape index (κ1) is 18.6. The van der Waals surface area contributed by atoms with Crippen LogP contribution in [0, 0.1) is 5.82 Å². The third kappa shape index (κ3) is 4.51. The zero-order chi connectivity index (χ0) is 17.1. The van der Waals surface area contributed by atoms with E-state index in [2.05, 4.69) is 9.88 Å². The van der Waals surface area contributed by atoms with Crippen molar-refractivity contribution in [3.05, 3.63) is 35.6 Å². The maximum Gasteiger partial charge on any atom is 0.148 e. The molecule has 0 saturated heterocycles. The standard InChI is InChI=1S/C15H24FN3O2S/c1-14(2,3)22(21)19-15(4,5)12(13(17)18-20)10-6-8-11(16)9-7-10/h6-9,12,19-20H,1-5H3,(H2,17,18). The lowest BCUT2D eigenvalue weighted by atomic mass is 9.82. The van der Waals surface area contributed by atoms with E-state index in [4.69, 9.17) is 10.9 Å². The van der Waals surface area contributed by atoms with E-state index in [0.29, 0.717) is 5.56 Å². The van der Waals surface area contributed by atoms with Crippen molar-refractivity contribution in [2.24, 2.45) is 10.9 Å². The van der Waals surface area contributed by atoms with Gasteiger partial charge in [-0.2, -0.15) is 0 Å². The first-order valence-corrected chi connectivity index (χ1v) is 8.06. The Labute approximate surface area is 133 Å². The second-order valence-electron chi connectivity index (χ2n) is 6.71. The maximum atomic E-state index is 13.1. The van der Waals surface area contributed by atoms with E-state index in [1.165, 1.54) is 12.1 Å². The average molecular weight is 329 g/mol. The van der Waals surface area contributed by atoms with Gasteiger partial charge in [0, 0.05) is 5.54 Å². The second-order valence-corrected chi connectivity index (χ2v) is 8.68. The van der Waals surface area contributed by atoms with Crippen LogP contribution in [0.25, 0.3) is 0 Å². The zero-order valence-corrected chi connectivity index (χ0v) is 14.4. The smallest absolute Gasteiger partial charge is 0.148 e. The van der Waals surface area contributed by atoms with Crippen molar-refractivity contribution >= 4 is 16.8 Å². The molecule has 5 nitrogen and oxygen atoms in total. The van der Waals surface area contributed by atoms with Gasteiger partial charge in [-0.25, -0.2) is 13.3 Å². The average Bonchev–Trinajstić information content (AvgIpc) is 2.39. The van der Waals surface area contributed by atoms with Gasteiger partial charge in [0.2, 0.25) is 0 Å². The number of oxime groups is 1. The fourth-order valence-corrected chi connectivity index (χ4v) is 3.02. The van der Waals surface area contributed by atoms with Crippen LogP contribution in [-0.2, 0) is 11.0 Å². The Morgan fingerprint density at radius 2 is 1.77 bits per heavy atom. The predicted molar refractivity (Wildman–Crippen MR) is 87.7 cm³/mol. The van der Waals surface area contributed by atoms with Crippen LogP contribution < -0.4 is 10.5 Å². The van der Waals surface area contributed by atoms with Gasteiger partial charge in [0.15, 0.2) is 0 Å². The van der Waals surface area contributed by atoms with Crippen LogP contribution in [0.15, 0.2) is 29.4 Å². The lowest BCUT2D eigenvalue weighted by Gasteiger charge is -2.36. The number of nitrogens with one attached hydrogen (secondary N) is 1. The Kier molecular flexibility index (Phi) is 5.70. The highest BCUT2D eigenvalue weighted by Crippen LogP contribution is 2.30. The molecule has 4 N–H and O–H groups in total. The molecular weight excluding hydrogens is 305 g/mol. The van der Waals surface area contributed by atoms with Crippen molar-refractivity contribution in [1.29, 1.82) is 0 Å². The minimum absolute atomic E-state index is 0.0324. The Hall–Kier alpha value is -1.47. The van der Waals surface area contributed by atoms with E-state index in [9.17, 15) is 8.60 Å². The van der Waals surface area contributed by atoms with E-state index >= 15 is 0 Å². The summed E-state index contributed by atoms with van der Waals surface area (Å²) in [7, 11) is -1.34. The topological polar surface area (TPSA) is 87.7 Å². The fourth-order valence-electron chi connectivity index (χ4n) is 2.12. The molecule has 0 aliphatic heterocycles. The molecule has 1 aromatic carbocycles. The Morgan fingerprint density at radius 1 is 1.27 bits per heavy atom. The quantitative estimate of drug-likeness (QED) is 0.336. The van der Waals surface area contributed by atoms with Crippen molar-refractivity contribution in [1.82, 2.24) is 4.72 Å². The van der Waals surface area contributed by atoms with Crippen LogP contribution in [0.2, 0.25) is 0 Å². The molecule has 0 radical (unpaired) electrons. The van der Waals surface area contributed by atoms with E-state index in [-0.39, 0.29) is 11.7 Å². The van der Waals surface area contributed by atoms with Gasteiger partial charge in [-0.15, -0.1) is 0 Å². The minimum Gasteiger partial charge on any atom is -0.409 e. The fraction of sp³-hybridized carbons (Fsp3) is 0.533. The van der Waals surface area contributed by atoms with E-state index in [1.54, 1.807) is 12.1 Å². The van der Waals surface area contributed by atoms with Gasteiger partial charge in [0.05, 0.1) is 21.7 Å². The third-order valence-electron chi connectivity index (χ3n) is 3.25. The summed E-state index contributed by atoms with van der Waals surface area (Å²) in [5.41, 5.74) is 5.72. The highest BCUT2D eigenvalue weighted by atomic mass is 32.2. The molecule has 0 aromatic heterocycles. The molecule has 1 rings (SSSR count). The number of nitrogens with zero attached hydrogens (tertiary/aromatic N) is 1. The maximum absolute atomic E-state index is 13.1. The van der Waals surface area contributed by atoms with Crippen molar-refractivity contribution < 1.29 is 13.8 Å². The molecule has 7 heteroatoms. The van der Waals surface area contributed by atoms with Gasteiger partial charge in [-0.1, -0.05) is 17.3 Å². The van der Waals surface area contributed by atoms with Gasteiger partial charge in [0.25, 0.3) is 0 Å². The Bertz CT molecular complexity index is 565. The molecule has 2 atom stereocenters. The van der Waals surface area contributed by atoms with Gasteiger partial charge in [-0.05, 0) is 52.3 Å². The summed E-state index contributed by atoms with van der Waals surface area (Å²) in [6.45, 7) is 9.17. The molecular formula is C15H24FN3O2S. The van der Waals surface area contributed by atoms with Crippen molar-refractivity contribution in [2.75, 3.05) is 0 Å². The lowest BCUT2D eigenvalue weighted by Crippen LogP contribution is -2.53. The summed E-state index contributed by atoms with van der Waals surface area (Å²) in [6.07, 6.45) is 0. The van der Waals surface area contributed by atoms with E-state index < -0.39 is 27.2 Å². The highest BCUT2D eigenvalue weighted by Gasteiger charge is 2.37. The first-order chi connectivity index (χ1) is 9.99. The lowest BCUT2D eigenvalue weighted by molar-refractivity contribution is 0.310. The van der Waals surface area contributed by atoms with Crippen LogP contribution >= 0.6 is 0 Å². The number of hydrogen-bond acceptors (Lipinski definition) is 3. The molecule has 0 heterocycles. The second kappa shape index (κ2) is 6.75. The summed E-state index contributed by atoms with van der Waals surface area (Å²) in [4.78, 5) is 0. The molecule has 0 aliphatic rings. The number of rotatable bonds is 5. The zero-order valence-electron chi connectivity index (χ0n) is 13.6. The van der Waals surface area contributed by atoms with Crippen LogP contribution in [-0.4, -0.2) is 25.5 Å². The van der Waals surface area contributed by atoms with E-state index in [0.717, 1.165) is 0 Å². The molecule has 1 aromatic rings. The van der Waals surface area contributed by atoms with Gasteiger partial charge in [0.1, 0.15) is 11.7 Å². The van der Waals surface area contributed by atoms with Crippen LogP contribution in [0.5, 0.6) is 0 Å². The summed E-state index contributed by atoms with van der Waals surface area (Å²) in [5.74, 6) is -0.967. The summed E-state index contributed by atoms with van der Waals surface area (Å²) in [6, 6.07) is 5.76. The number of halogens is 1. The molecule has 0 fully saturated rings. The van der Waals surface area contributed by atoms with Crippen LogP contribution in [0.3, 0.4) is 0 Å². The summed E-state index contributed by atoms with van der Waals surface area (Å²) >= 11 is 0. The molecule has 124 valence electrons. The number of benzene rings is 1. The number of hydrogen-bond donors (Lipinski definition) is 3. The third-order valence-corrected chi connectivity index (χ3v) is 5.07. The molecule has 0 aliphatic carbocycles. The molecule has 22 heavy (non-hydrogen) atoms. The first-order valence-electron chi connectivity index (χ1n) is 6.91. The van der Waals surface area contributed by atoms with Crippen molar-refractivity contribution in [3.63, 3.8) is 0 Å². The molecule has 0 bridgehead atoms. The Balaban J connectivity index is 3.21. The predicted octanol–water partition coefficient (Wildman–Crippen LogP) is 2.49. The van der Waals surface area contributed by atoms with E-state index in [1.807, 2.05) is 34.6 Å². The number of nitrogens with two attached hydrogens (primary N) is 1. The summed E-state index contributed by atoms with van der Waals surface area (Å²) in [5, 5.41) is 12.1. The van der Waals surface area contributed by atoms with Gasteiger partial charge < -0.3 is 10.9 Å². The molecule has 0 saturated carbocycles. The number of amidine groups is 1. The molecule has 0 spiro atoms. The summed E-state index contributed by atoms with van der Waals surface area (Å²) < 4.78 is 28.1. The van der Waals surface area contributed by atoms with Crippen LogP contribution in [0.4, 0.5) is 4.39 Å². The molecule has 2 unspecified atom stereocenters. The molecule has 0 amide bonds. The monoisotopic (exact) mass is 329 g/mol. The van der Waals surface area contributed by atoms with Gasteiger partial charge in [-0.3, -0.25) is 0 Å². The largest absolute Gasteiger partial charge is 0.409 e.